The maximum Gasteiger partial charge on any atom is 0.115 e. The topological polar surface area (TPSA) is 80.9 Å². The zero-order valence-corrected chi connectivity index (χ0v) is 19.0. The van der Waals surface area contributed by atoms with Crippen molar-refractivity contribution in [3.05, 3.63) is 108 Å². The fourth-order valence-electron chi connectivity index (χ4n) is 4.11. The van der Waals surface area contributed by atoms with Gasteiger partial charge in [0.15, 0.2) is 0 Å². The number of phenolic OH excluding ortho intramolecular Hbond substituents is 2. The molecule has 0 aliphatic carbocycles. The van der Waals surface area contributed by atoms with Crippen molar-refractivity contribution >= 4 is 0 Å². The van der Waals surface area contributed by atoms with Gasteiger partial charge in [-0.3, -0.25) is 0 Å². The Kier molecular flexibility index (Phi) is 7.63. The Bertz CT molecular complexity index is 1070. The molecule has 0 bridgehead atoms. The fourth-order valence-corrected chi connectivity index (χ4v) is 4.11. The Morgan fingerprint density at radius 2 is 0.676 bits per heavy atom. The first-order chi connectivity index (χ1) is 16.5. The lowest BCUT2D eigenvalue weighted by molar-refractivity contribution is 0.147. The van der Waals surface area contributed by atoms with Crippen LogP contribution in [0, 0.1) is 0 Å². The van der Waals surface area contributed by atoms with Crippen LogP contribution < -0.4 is 0 Å². The minimum absolute atomic E-state index is 0.243. The molecule has 4 heteroatoms. The Balaban J connectivity index is 1.23. The van der Waals surface area contributed by atoms with Crippen molar-refractivity contribution in [1.82, 2.24) is 0 Å². The number of aliphatic hydroxyl groups is 2. The summed E-state index contributed by atoms with van der Waals surface area (Å²) in [5.41, 5.74) is 5.87. The van der Waals surface area contributed by atoms with Gasteiger partial charge in [-0.15, -0.1) is 0 Å². The lowest BCUT2D eigenvalue weighted by Gasteiger charge is -2.14. The van der Waals surface area contributed by atoms with E-state index in [1.807, 2.05) is 72.8 Å². The van der Waals surface area contributed by atoms with Gasteiger partial charge in [0.1, 0.15) is 11.5 Å². The number of benzene rings is 4. The van der Waals surface area contributed by atoms with Crippen molar-refractivity contribution in [2.75, 3.05) is 0 Å². The van der Waals surface area contributed by atoms with Crippen LogP contribution in [-0.4, -0.2) is 20.4 Å². The number of aromatic hydroxyl groups is 2. The normalized spacial score (nSPS) is 12.9. The Morgan fingerprint density at radius 3 is 0.971 bits per heavy atom. The Morgan fingerprint density at radius 1 is 0.412 bits per heavy atom. The van der Waals surface area contributed by atoms with Crippen molar-refractivity contribution in [2.24, 2.45) is 0 Å². The largest absolute Gasteiger partial charge is 0.508 e. The highest BCUT2D eigenvalue weighted by Gasteiger charge is 2.11. The molecule has 0 amide bonds. The van der Waals surface area contributed by atoms with Crippen LogP contribution in [0.3, 0.4) is 0 Å². The molecule has 0 fully saturated rings. The number of phenols is 2. The van der Waals surface area contributed by atoms with Gasteiger partial charge in [-0.1, -0.05) is 85.6 Å². The summed E-state index contributed by atoms with van der Waals surface area (Å²) in [5, 5.41) is 39.9. The number of hydrogen-bond donors (Lipinski definition) is 4. The molecule has 2 unspecified atom stereocenters. The van der Waals surface area contributed by atoms with E-state index in [4.69, 9.17) is 0 Å². The molecule has 4 aromatic rings. The Hall–Kier alpha value is -3.60. The van der Waals surface area contributed by atoms with Gasteiger partial charge in [-0.05, 0) is 70.5 Å². The van der Waals surface area contributed by atoms with E-state index in [0.717, 1.165) is 46.2 Å². The zero-order chi connectivity index (χ0) is 23.9. The molecule has 4 nitrogen and oxygen atoms in total. The van der Waals surface area contributed by atoms with Crippen LogP contribution in [0.4, 0.5) is 0 Å². The highest BCUT2D eigenvalue weighted by Crippen LogP contribution is 2.28. The summed E-state index contributed by atoms with van der Waals surface area (Å²) in [6, 6.07) is 29.8. The third kappa shape index (κ3) is 6.04. The van der Waals surface area contributed by atoms with E-state index < -0.39 is 12.2 Å². The number of unbranched alkanes of at least 4 members (excludes halogenated alkanes) is 1. The number of aliphatic hydroxyl groups excluding tert-OH is 2. The molecule has 0 aromatic heterocycles. The van der Waals surface area contributed by atoms with Crippen LogP contribution in [0.25, 0.3) is 22.3 Å². The molecular formula is C30H30O4. The predicted molar refractivity (Wildman–Crippen MR) is 135 cm³/mol. The lowest BCUT2D eigenvalue weighted by Crippen LogP contribution is -2.00. The average Bonchev–Trinajstić information content (AvgIpc) is 2.87. The third-order valence-electron chi connectivity index (χ3n) is 6.20. The molecule has 0 heterocycles. The highest BCUT2D eigenvalue weighted by molar-refractivity contribution is 5.65. The smallest absolute Gasteiger partial charge is 0.115 e. The lowest BCUT2D eigenvalue weighted by atomic mass is 9.97. The average molecular weight is 455 g/mol. The summed E-state index contributed by atoms with van der Waals surface area (Å²) in [6.07, 6.45) is 1.87. The van der Waals surface area contributed by atoms with E-state index in [2.05, 4.69) is 0 Å². The van der Waals surface area contributed by atoms with Gasteiger partial charge < -0.3 is 20.4 Å². The first-order valence-electron chi connectivity index (χ1n) is 11.6. The first kappa shape index (κ1) is 23.6. The molecule has 0 radical (unpaired) electrons. The molecule has 0 saturated heterocycles. The van der Waals surface area contributed by atoms with Crippen LogP contribution in [0.15, 0.2) is 97.1 Å². The molecule has 4 rings (SSSR count). The predicted octanol–water partition coefficient (Wildman–Crippen LogP) is 6.76. The molecule has 4 aromatic carbocycles. The van der Waals surface area contributed by atoms with E-state index in [-0.39, 0.29) is 11.5 Å². The van der Waals surface area contributed by atoms with Crippen LogP contribution in [0.5, 0.6) is 11.5 Å². The molecular weight excluding hydrogens is 424 g/mol. The molecule has 0 saturated carbocycles. The van der Waals surface area contributed by atoms with E-state index in [1.165, 1.54) is 0 Å². The second kappa shape index (κ2) is 11.0. The summed E-state index contributed by atoms with van der Waals surface area (Å²) in [7, 11) is 0. The standard InChI is InChI=1S/C30H30O4/c31-27-17-13-23(14-18-27)21-5-9-25(10-6-21)29(33)3-1-2-4-30(34)26-11-7-22(8-12-26)24-15-19-28(32)20-16-24/h5-20,29-34H,1-4H2. The van der Waals surface area contributed by atoms with Crippen molar-refractivity contribution in [2.45, 2.75) is 37.9 Å². The minimum Gasteiger partial charge on any atom is -0.508 e. The van der Waals surface area contributed by atoms with Crippen LogP contribution in [0.1, 0.15) is 49.0 Å². The van der Waals surface area contributed by atoms with Crippen LogP contribution in [-0.2, 0) is 0 Å². The number of rotatable bonds is 9. The monoisotopic (exact) mass is 454 g/mol. The molecule has 0 aliphatic rings. The second-order valence-electron chi connectivity index (χ2n) is 8.65. The van der Waals surface area contributed by atoms with Crippen molar-refractivity contribution in [3.63, 3.8) is 0 Å². The summed E-state index contributed by atoms with van der Waals surface area (Å²) in [6.45, 7) is 0. The molecule has 2 atom stereocenters. The summed E-state index contributed by atoms with van der Waals surface area (Å²) < 4.78 is 0. The van der Waals surface area contributed by atoms with E-state index in [1.54, 1.807) is 24.3 Å². The second-order valence-corrected chi connectivity index (χ2v) is 8.65. The van der Waals surface area contributed by atoms with E-state index >= 15 is 0 Å². The van der Waals surface area contributed by atoms with E-state index in [0.29, 0.717) is 12.8 Å². The van der Waals surface area contributed by atoms with Crippen LogP contribution in [0.2, 0.25) is 0 Å². The molecule has 174 valence electrons. The summed E-state index contributed by atoms with van der Waals surface area (Å²) in [4.78, 5) is 0. The maximum absolute atomic E-state index is 10.5. The first-order valence-corrected chi connectivity index (χ1v) is 11.6. The fraction of sp³-hybridized carbons (Fsp3) is 0.200. The van der Waals surface area contributed by atoms with Gasteiger partial charge >= 0.3 is 0 Å². The van der Waals surface area contributed by atoms with Crippen molar-refractivity contribution in [3.8, 4) is 33.8 Å². The summed E-state index contributed by atoms with van der Waals surface area (Å²) >= 11 is 0. The Labute approximate surface area is 200 Å². The molecule has 34 heavy (non-hydrogen) atoms. The SMILES string of the molecule is Oc1ccc(-c2ccc(C(O)CCCCC(O)c3ccc(-c4ccc(O)cc4)cc3)cc2)cc1. The van der Waals surface area contributed by atoms with Crippen molar-refractivity contribution < 1.29 is 20.4 Å². The third-order valence-corrected chi connectivity index (χ3v) is 6.20. The number of hydrogen-bond acceptors (Lipinski definition) is 4. The summed E-state index contributed by atoms with van der Waals surface area (Å²) in [5.74, 6) is 0.485. The van der Waals surface area contributed by atoms with Gasteiger partial charge in [0.2, 0.25) is 0 Å². The van der Waals surface area contributed by atoms with E-state index in [9.17, 15) is 20.4 Å². The quantitative estimate of drug-likeness (QED) is 0.211. The van der Waals surface area contributed by atoms with Gasteiger partial charge in [0.05, 0.1) is 12.2 Å². The maximum atomic E-state index is 10.5. The van der Waals surface area contributed by atoms with Crippen molar-refractivity contribution in [1.29, 1.82) is 0 Å². The van der Waals surface area contributed by atoms with Gasteiger partial charge in [-0.2, -0.15) is 0 Å². The molecule has 0 spiro atoms. The van der Waals surface area contributed by atoms with Gasteiger partial charge in [0.25, 0.3) is 0 Å². The zero-order valence-electron chi connectivity index (χ0n) is 19.0. The molecule has 4 N–H and O–H groups in total. The molecule has 0 aliphatic heterocycles. The minimum atomic E-state index is -0.532. The van der Waals surface area contributed by atoms with Gasteiger partial charge in [0, 0.05) is 0 Å². The van der Waals surface area contributed by atoms with Crippen LogP contribution >= 0.6 is 0 Å². The van der Waals surface area contributed by atoms with Gasteiger partial charge in [-0.25, -0.2) is 0 Å². The highest BCUT2D eigenvalue weighted by atomic mass is 16.3.